The molecule has 3 aromatic rings. The van der Waals surface area contributed by atoms with E-state index in [-0.39, 0.29) is 11.1 Å². The lowest BCUT2D eigenvalue weighted by Crippen LogP contribution is -2.02. The SMILES string of the molecule is Cc1nc(/C=C/Nc2cccc(Cl)c2)c(C#N)c(-c2c(Cl)cccc2Cl)c1C#N. The number of nitrogens with zero attached hydrogens (tertiary/aromatic N) is 3. The molecule has 0 radical (unpaired) electrons. The van der Waals surface area contributed by atoms with Gasteiger partial charge in [-0.1, -0.05) is 46.9 Å². The van der Waals surface area contributed by atoms with E-state index in [9.17, 15) is 10.5 Å². The van der Waals surface area contributed by atoms with Gasteiger partial charge in [0.15, 0.2) is 0 Å². The van der Waals surface area contributed by atoms with Gasteiger partial charge < -0.3 is 5.32 Å². The van der Waals surface area contributed by atoms with Gasteiger partial charge in [0, 0.05) is 38.1 Å². The van der Waals surface area contributed by atoms with Crippen molar-refractivity contribution in [1.82, 2.24) is 4.98 Å². The molecule has 0 aliphatic carbocycles. The van der Waals surface area contributed by atoms with E-state index in [1.165, 1.54) is 0 Å². The Hall–Kier alpha value is -3.02. The molecule has 0 spiro atoms. The third-order valence-corrected chi connectivity index (χ3v) is 5.02. The van der Waals surface area contributed by atoms with Crippen LogP contribution in [0.3, 0.4) is 0 Å². The largest absolute Gasteiger partial charge is 0.362 e. The van der Waals surface area contributed by atoms with E-state index in [0.717, 1.165) is 5.69 Å². The normalized spacial score (nSPS) is 10.6. The maximum Gasteiger partial charge on any atom is 0.102 e. The fraction of sp³-hybridized carbons (Fsp3) is 0.0455. The van der Waals surface area contributed by atoms with Crippen molar-refractivity contribution in [3.8, 4) is 23.3 Å². The van der Waals surface area contributed by atoms with Crippen LogP contribution >= 0.6 is 34.8 Å². The Bertz CT molecular complexity index is 1180. The molecule has 2 aromatic carbocycles. The zero-order valence-corrected chi connectivity index (χ0v) is 17.4. The Morgan fingerprint density at radius 3 is 2.21 bits per heavy atom. The summed E-state index contributed by atoms with van der Waals surface area (Å²) in [6.45, 7) is 1.70. The molecule has 0 amide bonds. The number of benzene rings is 2. The van der Waals surface area contributed by atoms with Crippen molar-refractivity contribution in [3.63, 3.8) is 0 Å². The molecule has 0 aliphatic heterocycles. The van der Waals surface area contributed by atoms with Crippen molar-refractivity contribution in [2.75, 3.05) is 5.32 Å². The molecule has 1 heterocycles. The minimum atomic E-state index is 0.214. The maximum atomic E-state index is 9.85. The van der Waals surface area contributed by atoms with Gasteiger partial charge >= 0.3 is 0 Å². The molecular formula is C22H13Cl3N4. The monoisotopic (exact) mass is 438 g/mol. The topological polar surface area (TPSA) is 72.5 Å². The second kappa shape index (κ2) is 8.99. The van der Waals surface area contributed by atoms with Gasteiger partial charge in [0.2, 0.25) is 0 Å². The third-order valence-electron chi connectivity index (χ3n) is 4.16. The van der Waals surface area contributed by atoms with Crippen LogP contribution in [0.5, 0.6) is 0 Å². The van der Waals surface area contributed by atoms with Crippen LogP contribution in [0.2, 0.25) is 15.1 Å². The highest BCUT2D eigenvalue weighted by molar-refractivity contribution is 6.39. The molecule has 1 N–H and O–H groups in total. The molecule has 0 aliphatic rings. The average Bonchev–Trinajstić information content (AvgIpc) is 2.68. The summed E-state index contributed by atoms with van der Waals surface area (Å²) in [6, 6.07) is 16.5. The van der Waals surface area contributed by atoms with Gasteiger partial charge in [0.05, 0.1) is 22.5 Å². The van der Waals surface area contributed by atoms with Gasteiger partial charge in [-0.25, -0.2) is 0 Å². The van der Waals surface area contributed by atoms with E-state index in [0.29, 0.717) is 37.6 Å². The van der Waals surface area contributed by atoms with Crippen LogP contribution in [0, 0.1) is 29.6 Å². The fourth-order valence-corrected chi connectivity index (χ4v) is 3.66. The molecule has 29 heavy (non-hydrogen) atoms. The summed E-state index contributed by atoms with van der Waals surface area (Å²) in [7, 11) is 0. The lowest BCUT2D eigenvalue weighted by molar-refractivity contribution is 1.15. The van der Waals surface area contributed by atoms with Crippen molar-refractivity contribution < 1.29 is 0 Å². The Morgan fingerprint density at radius 2 is 1.59 bits per heavy atom. The predicted octanol–water partition coefficient (Wildman–Crippen LogP) is 6.84. The first-order valence-electron chi connectivity index (χ1n) is 8.44. The smallest absolute Gasteiger partial charge is 0.102 e. The summed E-state index contributed by atoms with van der Waals surface area (Å²) in [4.78, 5) is 4.42. The van der Waals surface area contributed by atoms with Crippen LogP contribution in [0.15, 0.2) is 48.7 Å². The summed E-state index contributed by atoms with van der Waals surface area (Å²) in [6.07, 6.45) is 3.31. The van der Waals surface area contributed by atoms with Crippen molar-refractivity contribution in [2.24, 2.45) is 0 Å². The van der Waals surface area contributed by atoms with E-state index in [4.69, 9.17) is 34.8 Å². The molecule has 0 saturated heterocycles. The van der Waals surface area contributed by atoms with Crippen molar-refractivity contribution in [3.05, 3.63) is 86.2 Å². The number of rotatable bonds is 4. The summed E-state index contributed by atoms with van der Waals surface area (Å²) >= 11 is 18.7. The Morgan fingerprint density at radius 1 is 0.931 bits per heavy atom. The Balaban J connectivity index is 2.15. The number of hydrogen-bond donors (Lipinski definition) is 1. The second-order valence-electron chi connectivity index (χ2n) is 6.02. The molecule has 0 fully saturated rings. The van der Waals surface area contributed by atoms with Gasteiger partial charge in [-0.15, -0.1) is 0 Å². The van der Waals surface area contributed by atoms with Gasteiger partial charge in [0.1, 0.15) is 12.1 Å². The molecule has 0 atom stereocenters. The van der Waals surface area contributed by atoms with Gasteiger partial charge in [0.25, 0.3) is 0 Å². The molecule has 7 heteroatoms. The van der Waals surface area contributed by atoms with Crippen LogP contribution in [0.25, 0.3) is 17.2 Å². The lowest BCUT2D eigenvalue weighted by Gasteiger charge is -2.14. The number of pyridine rings is 1. The molecule has 0 bridgehead atoms. The van der Waals surface area contributed by atoms with Crippen LogP contribution in [-0.2, 0) is 0 Å². The van der Waals surface area contributed by atoms with E-state index < -0.39 is 0 Å². The van der Waals surface area contributed by atoms with E-state index >= 15 is 0 Å². The molecule has 1 aromatic heterocycles. The Kier molecular flexibility index (Phi) is 6.42. The van der Waals surface area contributed by atoms with Crippen molar-refractivity contribution in [2.45, 2.75) is 6.92 Å². The Labute approximate surface area is 183 Å². The van der Waals surface area contributed by atoms with E-state index in [1.54, 1.807) is 49.5 Å². The molecule has 142 valence electrons. The summed E-state index contributed by atoms with van der Waals surface area (Å²) < 4.78 is 0. The van der Waals surface area contributed by atoms with Gasteiger partial charge in [-0.3, -0.25) is 4.98 Å². The highest BCUT2D eigenvalue weighted by Crippen LogP contribution is 2.40. The van der Waals surface area contributed by atoms with E-state index in [2.05, 4.69) is 22.4 Å². The predicted molar refractivity (Wildman–Crippen MR) is 118 cm³/mol. The van der Waals surface area contributed by atoms with Crippen LogP contribution in [0.4, 0.5) is 5.69 Å². The molecule has 4 nitrogen and oxygen atoms in total. The third kappa shape index (κ3) is 4.36. The highest BCUT2D eigenvalue weighted by Gasteiger charge is 2.22. The quantitative estimate of drug-likeness (QED) is 0.483. The summed E-state index contributed by atoms with van der Waals surface area (Å²) in [5.41, 5.74) is 2.94. The van der Waals surface area contributed by atoms with Crippen LogP contribution in [-0.4, -0.2) is 4.98 Å². The standard InChI is InChI=1S/C22H13Cl3N4/c1-13-16(11-26)21(22-18(24)6-3-7-19(22)25)17(12-27)20(29-13)8-9-28-15-5-2-4-14(23)10-15/h2-10,28H,1H3/b9-8+. The maximum absolute atomic E-state index is 9.85. The number of halogens is 3. The lowest BCUT2D eigenvalue weighted by atomic mass is 9.93. The minimum absolute atomic E-state index is 0.214. The van der Waals surface area contributed by atoms with Crippen molar-refractivity contribution in [1.29, 1.82) is 10.5 Å². The highest BCUT2D eigenvalue weighted by atomic mass is 35.5. The number of aryl methyl sites for hydroxylation is 1. The number of nitriles is 2. The van der Waals surface area contributed by atoms with Crippen molar-refractivity contribution >= 4 is 46.6 Å². The number of nitrogens with one attached hydrogen (secondary N) is 1. The first-order valence-corrected chi connectivity index (χ1v) is 9.57. The first kappa shape index (κ1) is 20.7. The second-order valence-corrected chi connectivity index (χ2v) is 7.27. The minimum Gasteiger partial charge on any atom is -0.362 e. The summed E-state index contributed by atoms with van der Waals surface area (Å²) in [5, 5.41) is 23.9. The number of aromatic nitrogens is 1. The van der Waals surface area contributed by atoms with E-state index in [1.807, 2.05) is 12.1 Å². The number of anilines is 1. The average molecular weight is 440 g/mol. The number of hydrogen-bond acceptors (Lipinski definition) is 4. The zero-order valence-electron chi connectivity index (χ0n) is 15.2. The fourth-order valence-electron chi connectivity index (χ4n) is 2.88. The molecular weight excluding hydrogens is 427 g/mol. The zero-order chi connectivity index (χ0) is 21.0. The van der Waals surface area contributed by atoms with Crippen LogP contribution < -0.4 is 5.32 Å². The van der Waals surface area contributed by atoms with Gasteiger partial charge in [-0.2, -0.15) is 10.5 Å². The molecule has 3 rings (SSSR count). The van der Waals surface area contributed by atoms with Crippen LogP contribution in [0.1, 0.15) is 22.5 Å². The molecule has 0 saturated carbocycles. The molecule has 0 unspecified atom stereocenters. The van der Waals surface area contributed by atoms with Gasteiger partial charge in [-0.05, 0) is 43.3 Å². The first-order chi connectivity index (χ1) is 14.0. The summed E-state index contributed by atoms with van der Waals surface area (Å²) in [5.74, 6) is 0.